The number of rotatable bonds is 7. The topological polar surface area (TPSA) is 72.7 Å². The number of hydrogen-bond acceptors (Lipinski definition) is 6. The molecule has 180 valence electrons. The molecule has 1 aromatic heterocycles. The molecule has 1 amide bonds. The SMILES string of the molecule is CCC(=O)N(CC1(N2CCN(Cc3ccccc3)CC2)CCOCC1)c1ccc(F)c(C#N)n1. The lowest BCUT2D eigenvalue weighted by atomic mass is 9.86. The van der Waals surface area contributed by atoms with Gasteiger partial charge >= 0.3 is 0 Å². The van der Waals surface area contributed by atoms with E-state index in [9.17, 15) is 14.4 Å². The average Bonchev–Trinajstić information content (AvgIpc) is 2.89. The maximum Gasteiger partial charge on any atom is 0.227 e. The van der Waals surface area contributed by atoms with E-state index in [1.54, 1.807) is 11.0 Å². The number of halogens is 1. The molecule has 4 rings (SSSR count). The second-order valence-electron chi connectivity index (χ2n) is 9.03. The Hall–Kier alpha value is -2.86. The number of pyridine rings is 1. The smallest absolute Gasteiger partial charge is 0.227 e. The first-order valence-electron chi connectivity index (χ1n) is 12.0. The maximum atomic E-state index is 13.9. The van der Waals surface area contributed by atoms with Crippen LogP contribution in [0.3, 0.4) is 0 Å². The number of nitrogens with zero attached hydrogens (tertiary/aromatic N) is 5. The molecule has 1 aromatic carbocycles. The van der Waals surface area contributed by atoms with Crippen molar-refractivity contribution in [1.29, 1.82) is 5.26 Å². The fraction of sp³-hybridized carbons (Fsp3) is 0.500. The highest BCUT2D eigenvalue weighted by Crippen LogP contribution is 2.32. The van der Waals surface area contributed by atoms with Crippen molar-refractivity contribution in [2.45, 2.75) is 38.3 Å². The van der Waals surface area contributed by atoms with Crippen molar-refractivity contribution in [3.8, 4) is 6.07 Å². The van der Waals surface area contributed by atoms with E-state index in [2.05, 4.69) is 39.0 Å². The first kappa shape index (κ1) is 24.3. The van der Waals surface area contributed by atoms with Crippen LogP contribution < -0.4 is 4.90 Å². The van der Waals surface area contributed by atoms with Gasteiger partial charge in [0, 0.05) is 64.4 Å². The first-order valence-corrected chi connectivity index (χ1v) is 12.0. The predicted molar refractivity (Wildman–Crippen MR) is 128 cm³/mol. The monoisotopic (exact) mass is 465 g/mol. The molecule has 0 unspecified atom stereocenters. The highest BCUT2D eigenvalue weighted by atomic mass is 19.1. The molecule has 2 saturated heterocycles. The van der Waals surface area contributed by atoms with Crippen molar-refractivity contribution in [2.24, 2.45) is 0 Å². The van der Waals surface area contributed by atoms with Gasteiger partial charge in [0.1, 0.15) is 11.9 Å². The lowest BCUT2D eigenvalue weighted by molar-refractivity contribution is -0.119. The summed E-state index contributed by atoms with van der Waals surface area (Å²) < 4.78 is 19.6. The quantitative estimate of drug-likeness (QED) is 0.625. The third kappa shape index (κ3) is 5.44. The minimum atomic E-state index is -0.675. The fourth-order valence-corrected chi connectivity index (χ4v) is 4.99. The standard InChI is InChI=1S/C26H32FN5O2/c1-2-25(33)32(24-9-8-22(27)23(18-28)29-24)20-26(10-16-34-17-11-26)31-14-12-30(13-15-31)19-21-6-4-3-5-7-21/h3-9H,2,10-17,19-20H2,1H3. The summed E-state index contributed by atoms with van der Waals surface area (Å²) in [5, 5.41) is 9.24. The van der Waals surface area contributed by atoms with Gasteiger partial charge in [-0.25, -0.2) is 9.37 Å². The third-order valence-electron chi connectivity index (χ3n) is 6.99. The maximum absolute atomic E-state index is 13.9. The van der Waals surface area contributed by atoms with E-state index in [1.807, 2.05) is 13.0 Å². The van der Waals surface area contributed by atoms with E-state index in [0.717, 1.165) is 45.6 Å². The Morgan fingerprint density at radius 3 is 2.50 bits per heavy atom. The molecule has 0 spiro atoms. The van der Waals surface area contributed by atoms with Crippen LogP contribution in [0.5, 0.6) is 0 Å². The zero-order valence-corrected chi connectivity index (χ0v) is 19.8. The summed E-state index contributed by atoms with van der Waals surface area (Å²) in [5.41, 5.74) is 0.777. The number of nitriles is 1. The van der Waals surface area contributed by atoms with Gasteiger partial charge in [0.25, 0.3) is 0 Å². The van der Waals surface area contributed by atoms with Gasteiger partial charge in [-0.15, -0.1) is 0 Å². The Morgan fingerprint density at radius 2 is 1.85 bits per heavy atom. The van der Waals surface area contributed by atoms with Crippen LogP contribution in [0.25, 0.3) is 0 Å². The van der Waals surface area contributed by atoms with Crippen molar-refractivity contribution < 1.29 is 13.9 Å². The van der Waals surface area contributed by atoms with Crippen molar-refractivity contribution in [3.63, 3.8) is 0 Å². The minimum absolute atomic E-state index is 0.0865. The van der Waals surface area contributed by atoms with Crippen LogP contribution in [0.4, 0.5) is 10.2 Å². The number of hydrogen-bond donors (Lipinski definition) is 0. The third-order valence-corrected chi connectivity index (χ3v) is 6.99. The van der Waals surface area contributed by atoms with Gasteiger partial charge in [-0.2, -0.15) is 5.26 Å². The van der Waals surface area contributed by atoms with Crippen molar-refractivity contribution >= 4 is 11.7 Å². The molecule has 34 heavy (non-hydrogen) atoms. The molecule has 2 aliphatic rings. The molecular weight excluding hydrogens is 433 g/mol. The van der Waals surface area contributed by atoms with Crippen LogP contribution in [0.2, 0.25) is 0 Å². The van der Waals surface area contributed by atoms with Gasteiger partial charge in [-0.1, -0.05) is 37.3 Å². The number of carbonyl (C=O) groups is 1. The molecule has 0 atom stereocenters. The summed E-state index contributed by atoms with van der Waals surface area (Å²) in [6.45, 7) is 8.18. The van der Waals surface area contributed by atoms with Crippen LogP contribution >= 0.6 is 0 Å². The summed E-state index contributed by atoms with van der Waals surface area (Å²) in [6, 6.07) is 15.0. The summed E-state index contributed by atoms with van der Waals surface area (Å²) in [4.78, 5) is 23.8. The molecule has 0 radical (unpaired) electrons. The van der Waals surface area contributed by atoms with E-state index >= 15 is 0 Å². The Labute approximate surface area is 200 Å². The van der Waals surface area contributed by atoms with Gasteiger partial charge in [0.2, 0.25) is 5.91 Å². The molecule has 0 N–H and O–H groups in total. The van der Waals surface area contributed by atoms with Crippen molar-refractivity contribution in [3.05, 3.63) is 59.5 Å². The van der Waals surface area contributed by atoms with Gasteiger partial charge in [0.05, 0.1) is 0 Å². The highest BCUT2D eigenvalue weighted by molar-refractivity contribution is 5.92. The number of ether oxygens (including phenoxy) is 1. The molecule has 8 heteroatoms. The number of piperazine rings is 1. The second-order valence-corrected chi connectivity index (χ2v) is 9.03. The normalized spacial score (nSPS) is 18.9. The molecule has 0 bridgehead atoms. The van der Waals surface area contributed by atoms with Crippen LogP contribution in [0.15, 0.2) is 42.5 Å². The molecule has 2 aromatic rings. The van der Waals surface area contributed by atoms with Gasteiger partial charge < -0.3 is 4.74 Å². The van der Waals surface area contributed by atoms with Crippen LogP contribution in [-0.4, -0.2) is 72.2 Å². The van der Waals surface area contributed by atoms with E-state index in [1.165, 1.54) is 17.7 Å². The molecule has 2 aliphatic heterocycles. The number of benzene rings is 1. The minimum Gasteiger partial charge on any atom is -0.381 e. The second kappa shape index (κ2) is 11.0. The van der Waals surface area contributed by atoms with E-state index < -0.39 is 5.82 Å². The summed E-state index contributed by atoms with van der Waals surface area (Å²) in [6.07, 6.45) is 1.93. The van der Waals surface area contributed by atoms with Crippen molar-refractivity contribution in [1.82, 2.24) is 14.8 Å². The lowest BCUT2D eigenvalue weighted by Gasteiger charge is -2.51. The molecule has 0 saturated carbocycles. The number of carbonyl (C=O) groups excluding carboxylic acids is 1. The van der Waals surface area contributed by atoms with Gasteiger partial charge in [-0.3, -0.25) is 19.5 Å². The Bertz CT molecular complexity index is 1010. The average molecular weight is 466 g/mol. The molecule has 7 nitrogen and oxygen atoms in total. The van der Waals surface area contributed by atoms with E-state index in [-0.39, 0.29) is 17.1 Å². The largest absolute Gasteiger partial charge is 0.381 e. The number of amides is 1. The van der Waals surface area contributed by atoms with E-state index in [0.29, 0.717) is 32.0 Å². The highest BCUT2D eigenvalue weighted by Gasteiger charge is 2.42. The molecule has 0 aliphatic carbocycles. The van der Waals surface area contributed by atoms with Gasteiger partial charge in [-0.05, 0) is 30.5 Å². The predicted octanol–water partition coefficient (Wildman–Crippen LogP) is 3.20. The number of anilines is 1. The summed E-state index contributed by atoms with van der Waals surface area (Å²) >= 11 is 0. The molecule has 2 fully saturated rings. The van der Waals surface area contributed by atoms with Crippen LogP contribution in [0.1, 0.15) is 37.4 Å². The molecule has 3 heterocycles. The summed E-state index contributed by atoms with van der Waals surface area (Å²) in [7, 11) is 0. The zero-order chi connectivity index (χ0) is 24.0. The lowest BCUT2D eigenvalue weighted by Crippen LogP contribution is -2.63. The summed E-state index contributed by atoms with van der Waals surface area (Å²) in [5.74, 6) is -0.430. The first-order chi connectivity index (χ1) is 16.5. The molecular formula is C26H32FN5O2. The fourth-order valence-electron chi connectivity index (χ4n) is 4.99. The van der Waals surface area contributed by atoms with E-state index in [4.69, 9.17) is 4.74 Å². The number of aromatic nitrogens is 1. The van der Waals surface area contributed by atoms with Crippen LogP contribution in [-0.2, 0) is 16.1 Å². The zero-order valence-electron chi connectivity index (χ0n) is 19.8. The Kier molecular flexibility index (Phi) is 7.88. The van der Waals surface area contributed by atoms with Crippen molar-refractivity contribution in [2.75, 3.05) is 50.8 Å². The van der Waals surface area contributed by atoms with Gasteiger partial charge in [0.15, 0.2) is 11.5 Å². The Balaban J connectivity index is 1.53. The van der Waals surface area contributed by atoms with Crippen LogP contribution in [0, 0.1) is 17.1 Å². The Morgan fingerprint density at radius 1 is 1.15 bits per heavy atom.